The second-order valence-electron chi connectivity index (χ2n) is 5.25. The minimum atomic E-state index is -0.0694. The molecule has 2 heterocycles. The molecule has 0 unspecified atom stereocenters. The number of thiazole rings is 1. The highest BCUT2D eigenvalue weighted by molar-refractivity contribution is 7.18. The molecule has 0 spiro atoms. The third-order valence-electron chi connectivity index (χ3n) is 3.60. The number of thiophene rings is 1. The lowest BCUT2D eigenvalue weighted by Gasteiger charge is -2.25. The van der Waals surface area contributed by atoms with E-state index in [9.17, 15) is 4.79 Å². The third-order valence-corrected chi connectivity index (χ3v) is 5.45. The molecule has 1 amide bonds. The van der Waals surface area contributed by atoms with Crippen LogP contribution in [-0.4, -0.2) is 28.9 Å². The Morgan fingerprint density at radius 1 is 1.57 bits per heavy atom. The van der Waals surface area contributed by atoms with Crippen LogP contribution in [0.5, 0.6) is 0 Å². The topological polar surface area (TPSA) is 71.2 Å². The Kier molecular flexibility index (Phi) is 4.12. The Bertz CT molecular complexity index is 619. The van der Waals surface area contributed by atoms with Crippen LogP contribution in [0.15, 0.2) is 17.5 Å². The molecule has 0 saturated heterocycles. The summed E-state index contributed by atoms with van der Waals surface area (Å²) < 4.78 is 0. The molecule has 0 atom stereocenters. The van der Waals surface area contributed by atoms with Gasteiger partial charge in [0, 0.05) is 18.0 Å². The Morgan fingerprint density at radius 3 is 3.00 bits per heavy atom. The van der Waals surface area contributed by atoms with Gasteiger partial charge in [-0.3, -0.25) is 4.79 Å². The van der Waals surface area contributed by atoms with Gasteiger partial charge in [0.1, 0.15) is 10.7 Å². The number of nitrogen functional groups attached to an aromatic ring is 1. The molecule has 1 fully saturated rings. The molecule has 1 aliphatic rings. The number of rotatable bonds is 5. The second kappa shape index (κ2) is 6.03. The van der Waals surface area contributed by atoms with Gasteiger partial charge < -0.3 is 16.0 Å². The number of nitrogens with two attached hydrogens (primary N) is 1. The zero-order chi connectivity index (χ0) is 14.8. The highest BCUT2D eigenvalue weighted by atomic mass is 32.1. The van der Waals surface area contributed by atoms with Crippen molar-refractivity contribution in [2.24, 2.45) is 0 Å². The van der Waals surface area contributed by atoms with Gasteiger partial charge in [-0.15, -0.1) is 11.3 Å². The molecule has 3 N–H and O–H groups in total. The van der Waals surface area contributed by atoms with Gasteiger partial charge in [-0.25, -0.2) is 4.98 Å². The zero-order valence-electron chi connectivity index (χ0n) is 11.8. The number of hydrogen-bond donors (Lipinski definition) is 2. The minimum Gasteiger partial charge on any atom is -0.382 e. The summed E-state index contributed by atoms with van der Waals surface area (Å²) in [6, 6.07) is 4.50. The van der Waals surface area contributed by atoms with E-state index in [1.807, 2.05) is 17.5 Å². The van der Waals surface area contributed by atoms with Crippen molar-refractivity contribution < 1.29 is 4.79 Å². The fourth-order valence-corrected chi connectivity index (χ4v) is 3.87. The van der Waals surface area contributed by atoms with Gasteiger partial charge in [-0.2, -0.15) is 0 Å². The Hall–Kier alpha value is -1.60. The Balaban J connectivity index is 1.68. The van der Waals surface area contributed by atoms with Crippen molar-refractivity contribution in [2.75, 3.05) is 18.1 Å². The standard InChI is InChI=1S/C14H18N4OS2/c1-18(8-10-6-3-7-20-10)13(19)11-12(15)17-14(21-11)16-9-4-2-5-9/h3,6-7,9H,2,4-5,8,15H2,1H3,(H,16,17). The molecule has 112 valence electrons. The van der Waals surface area contributed by atoms with Crippen molar-refractivity contribution in [3.8, 4) is 0 Å². The number of anilines is 2. The molecule has 2 aromatic rings. The van der Waals surface area contributed by atoms with Crippen LogP contribution >= 0.6 is 22.7 Å². The molecule has 1 aliphatic carbocycles. The van der Waals surface area contributed by atoms with E-state index < -0.39 is 0 Å². The first-order valence-corrected chi connectivity index (χ1v) is 8.64. The smallest absolute Gasteiger partial charge is 0.267 e. The van der Waals surface area contributed by atoms with E-state index in [2.05, 4.69) is 10.3 Å². The number of aromatic nitrogens is 1. The highest BCUT2D eigenvalue weighted by Crippen LogP contribution is 2.30. The van der Waals surface area contributed by atoms with Crippen LogP contribution in [0.2, 0.25) is 0 Å². The predicted molar refractivity (Wildman–Crippen MR) is 87.9 cm³/mol. The Labute approximate surface area is 131 Å². The maximum Gasteiger partial charge on any atom is 0.267 e. The zero-order valence-corrected chi connectivity index (χ0v) is 13.5. The van der Waals surface area contributed by atoms with Crippen LogP contribution in [0.25, 0.3) is 0 Å². The van der Waals surface area contributed by atoms with E-state index >= 15 is 0 Å². The minimum absolute atomic E-state index is 0.0694. The molecule has 0 radical (unpaired) electrons. The maximum atomic E-state index is 12.5. The number of hydrogen-bond acceptors (Lipinski definition) is 6. The van der Waals surface area contributed by atoms with E-state index in [0.717, 1.165) is 10.0 Å². The fraction of sp³-hybridized carbons (Fsp3) is 0.429. The highest BCUT2D eigenvalue weighted by Gasteiger charge is 2.23. The number of carbonyl (C=O) groups is 1. The summed E-state index contributed by atoms with van der Waals surface area (Å²) in [5.41, 5.74) is 5.90. The third kappa shape index (κ3) is 3.19. The summed E-state index contributed by atoms with van der Waals surface area (Å²) in [6.07, 6.45) is 3.59. The van der Waals surface area contributed by atoms with E-state index in [-0.39, 0.29) is 5.91 Å². The molecular formula is C14H18N4OS2. The first kappa shape index (κ1) is 14.3. The monoisotopic (exact) mass is 322 g/mol. The summed E-state index contributed by atoms with van der Waals surface area (Å²) in [7, 11) is 1.79. The first-order chi connectivity index (χ1) is 10.1. The number of amides is 1. The summed E-state index contributed by atoms with van der Waals surface area (Å²) in [5.74, 6) is 0.255. The molecule has 0 aliphatic heterocycles. The van der Waals surface area contributed by atoms with Gasteiger partial charge in [0.15, 0.2) is 5.13 Å². The summed E-state index contributed by atoms with van der Waals surface area (Å²) >= 11 is 2.99. The van der Waals surface area contributed by atoms with Crippen molar-refractivity contribution in [3.63, 3.8) is 0 Å². The quantitative estimate of drug-likeness (QED) is 0.887. The molecule has 2 aromatic heterocycles. The predicted octanol–water partition coefficient (Wildman–Crippen LogP) is 3.02. The van der Waals surface area contributed by atoms with Crippen molar-refractivity contribution in [3.05, 3.63) is 27.3 Å². The van der Waals surface area contributed by atoms with Gasteiger partial charge in [-0.1, -0.05) is 17.4 Å². The van der Waals surface area contributed by atoms with Crippen LogP contribution in [0.1, 0.15) is 33.8 Å². The molecule has 5 nitrogen and oxygen atoms in total. The van der Waals surface area contributed by atoms with Crippen molar-refractivity contribution in [2.45, 2.75) is 31.8 Å². The van der Waals surface area contributed by atoms with E-state index in [1.54, 1.807) is 23.3 Å². The number of nitrogens with zero attached hydrogens (tertiary/aromatic N) is 2. The molecule has 1 saturated carbocycles. The molecule has 0 aromatic carbocycles. The van der Waals surface area contributed by atoms with Gasteiger partial charge in [-0.05, 0) is 30.7 Å². The molecular weight excluding hydrogens is 304 g/mol. The lowest BCUT2D eigenvalue weighted by Crippen LogP contribution is -2.26. The lowest BCUT2D eigenvalue weighted by molar-refractivity contribution is 0.0792. The molecule has 7 heteroatoms. The van der Waals surface area contributed by atoms with Crippen LogP contribution in [0.4, 0.5) is 10.9 Å². The summed E-state index contributed by atoms with van der Waals surface area (Å²) in [5, 5.41) is 6.10. The van der Waals surface area contributed by atoms with Crippen LogP contribution < -0.4 is 11.1 Å². The van der Waals surface area contributed by atoms with Gasteiger partial charge >= 0.3 is 0 Å². The molecule has 0 bridgehead atoms. The van der Waals surface area contributed by atoms with E-state index in [4.69, 9.17) is 5.73 Å². The number of nitrogens with one attached hydrogen (secondary N) is 1. The lowest BCUT2D eigenvalue weighted by atomic mass is 9.93. The van der Waals surface area contributed by atoms with E-state index in [1.165, 1.54) is 30.6 Å². The summed E-state index contributed by atoms with van der Waals surface area (Å²) in [6.45, 7) is 0.596. The molecule has 21 heavy (non-hydrogen) atoms. The maximum absolute atomic E-state index is 12.5. The van der Waals surface area contributed by atoms with Crippen molar-refractivity contribution >= 4 is 39.5 Å². The SMILES string of the molecule is CN(Cc1cccs1)C(=O)c1sc(NC2CCC2)nc1N. The molecule has 3 rings (SSSR count). The van der Waals surface area contributed by atoms with Gasteiger partial charge in [0.2, 0.25) is 0 Å². The average molecular weight is 322 g/mol. The average Bonchev–Trinajstić information content (AvgIpc) is 3.03. The summed E-state index contributed by atoms with van der Waals surface area (Å²) in [4.78, 5) is 20.1. The van der Waals surface area contributed by atoms with Crippen LogP contribution in [-0.2, 0) is 6.54 Å². The van der Waals surface area contributed by atoms with E-state index in [0.29, 0.717) is 23.3 Å². The first-order valence-electron chi connectivity index (χ1n) is 6.94. The second-order valence-corrected chi connectivity index (χ2v) is 7.28. The van der Waals surface area contributed by atoms with Gasteiger partial charge in [0.25, 0.3) is 5.91 Å². The van der Waals surface area contributed by atoms with Crippen LogP contribution in [0.3, 0.4) is 0 Å². The fourth-order valence-electron chi connectivity index (χ4n) is 2.16. The normalized spacial score (nSPS) is 14.7. The van der Waals surface area contributed by atoms with Crippen LogP contribution in [0, 0.1) is 0 Å². The van der Waals surface area contributed by atoms with Crippen molar-refractivity contribution in [1.29, 1.82) is 0 Å². The van der Waals surface area contributed by atoms with Gasteiger partial charge in [0.05, 0.1) is 6.54 Å². The van der Waals surface area contributed by atoms with Crippen molar-refractivity contribution in [1.82, 2.24) is 9.88 Å². The largest absolute Gasteiger partial charge is 0.382 e. The Morgan fingerprint density at radius 2 is 2.38 bits per heavy atom. The number of carbonyl (C=O) groups excluding carboxylic acids is 1.